The molecule has 0 aliphatic heterocycles. The van der Waals surface area contributed by atoms with Crippen LogP contribution in [0, 0.1) is 6.92 Å². The molecule has 0 radical (unpaired) electrons. The number of hydrogen-bond donors (Lipinski definition) is 2. The van der Waals surface area contributed by atoms with Gasteiger partial charge in [-0.1, -0.05) is 29.8 Å². The molecule has 0 aliphatic rings. The van der Waals surface area contributed by atoms with E-state index in [9.17, 15) is 0 Å². The number of nitrogens with one attached hydrogen (secondary N) is 1. The zero-order chi connectivity index (χ0) is 14.7. The molecular weight excluding hydrogens is 320 g/mol. The van der Waals surface area contributed by atoms with E-state index < -0.39 is 0 Å². The van der Waals surface area contributed by atoms with E-state index in [4.69, 9.17) is 10.6 Å². The molecule has 5 nitrogen and oxygen atoms in total. The van der Waals surface area contributed by atoms with Gasteiger partial charge in [0.2, 0.25) is 5.88 Å². The number of hydrogen-bond acceptors (Lipinski definition) is 5. The van der Waals surface area contributed by atoms with E-state index >= 15 is 0 Å². The van der Waals surface area contributed by atoms with Crippen molar-refractivity contribution in [3.8, 4) is 11.6 Å². The second kappa shape index (κ2) is 6.19. The number of rotatable bonds is 4. The molecule has 20 heavy (non-hydrogen) atoms. The number of nitrogens with zero attached hydrogens (tertiary/aromatic N) is 2. The molecule has 1 aromatic carbocycles. The molecule has 0 fully saturated rings. The number of hydrazine groups is 1. The fraction of sp³-hybridized carbons (Fsp3) is 0.286. The molecule has 2 aromatic rings. The van der Waals surface area contributed by atoms with Crippen LogP contribution in [0.15, 0.2) is 28.7 Å². The molecule has 2 rings (SSSR count). The van der Waals surface area contributed by atoms with Crippen molar-refractivity contribution >= 4 is 21.7 Å². The maximum atomic E-state index is 5.83. The first-order valence-corrected chi connectivity index (χ1v) is 7.09. The highest BCUT2D eigenvalue weighted by molar-refractivity contribution is 9.10. The van der Waals surface area contributed by atoms with Crippen molar-refractivity contribution in [1.29, 1.82) is 0 Å². The third-order valence-corrected chi connectivity index (χ3v) is 3.33. The Morgan fingerprint density at radius 2 is 1.85 bits per heavy atom. The summed E-state index contributed by atoms with van der Waals surface area (Å²) in [5.74, 6) is 8.19. The molecule has 0 bridgehead atoms. The predicted molar refractivity (Wildman–Crippen MR) is 82.9 cm³/mol. The lowest BCUT2D eigenvalue weighted by Crippen LogP contribution is -2.13. The first-order chi connectivity index (χ1) is 9.51. The number of anilines is 1. The second-order valence-corrected chi connectivity index (χ2v) is 5.63. The van der Waals surface area contributed by atoms with Crippen molar-refractivity contribution in [2.45, 2.75) is 26.7 Å². The number of nitrogen functional groups attached to an aromatic ring is 1. The fourth-order valence-corrected chi connectivity index (χ4v) is 1.89. The Bertz CT molecular complexity index is 599. The van der Waals surface area contributed by atoms with E-state index in [0.717, 1.165) is 10.0 Å². The summed E-state index contributed by atoms with van der Waals surface area (Å²) >= 11 is 3.39. The SMILES string of the molecule is Cc1c(NN)nc(C(C)C)nc1Oc1ccc(Br)cc1. The highest BCUT2D eigenvalue weighted by atomic mass is 79.9. The number of nitrogens with two attached hydrogens (primary N) is 1. The molecule has 6 heteroatoms. The van der Waals surface area contributed by atoms with Gasteiger partial charge >= 0.3 is 0 Å². The van der Waals surface area contributed by atoms with Crippen molar-refractivity contribution in [2.75, 3.05) is 5.43 Å². The highest BCUT2D eigenvalue weighted by Crippen LogP contribution is 2.29. The smallest absolute Gasteiger partial charge is 0.227 e. The summed E-state index contributed by atoms with van der Waals surface area (Å²) in [4.78, 5) is 8.83. The summed E-state index contributed by atoms with van der Waals surface area (Å²) in [5.41, 5.74) is 3.36. The minimum atomic E-state index is 0.190. The quantitative estimate of drug-likeness (QED) is 0.657. The lowest BCUT2D eigenvalue weighted by atomic mass is 10.2. The summed E-state index contributed by atoms with van der Waals surface area (Å²) in [6.45, 7) is 5.91. The van der Waals surface area contributed by atoms with E-state index in [1.807, 2.05) is 45.0 Å². The number of ether oxygens (including phenoxy) is 1. The van der Waals surface area contributed by atoms with Crippen LogP contribution in [0.1, 0.15) is 31.2 Å². The van der Waals surface area contributed by atoms with Crippen LogP contribution >= 0.6 is 15.9 Å². The molecule has 0 amide bonds. The van der Waals surface area contributed by atoms with E-state index in [0.29, 0.717) is 23.3 Å². The van der Waals surface area contributed by atoms with Gasteiger partial charge in [0.15, 0.2) is 5.82 Å². The van der Waals surface area contributed by atoms with Crippen LogP contribution in [-0.4, -0.2) is 9.97 Å². The van der Waals surface area contributed by atoms with E-state index in [2.05, 4.69) is 31.3 Å². The Hall–Kier alpha value is -1.66. The monoisotopic (exact) mass is 336 g/mol. The van der Waals surface area contributed by atoms with Crippen LogP contribution in [0.4, 0.5) is 5.82 Å². The van der Waals surface area contributed by atoms with Gasteiger partial charge in [0.25, 0.3) is 0 Å². The van der Waals surface area contributed by atoms with Crippen LogP contribution in [-0.2, 0) is 0 Å². The minimum absolute atomic E-state index is 0.190. The van der Waals surface area contributed by atoms with Crippen LogP contribution in [0.5, 0.6) is 11.6 Å². The lowest BCUT2D eigenvalue weighted by Gasteiger charge is -2.14. The van der Waals surface area contributed by atoms with Gasteiger partial charge in [-0.15, -0.1) is 0 Å². The van der Waals surface area contributed by atoms with Crippen LogP contribution < -0.4 is 16.0 Å². The summed E-state index contributed by atoms with van der Waals surface area (Å²) in [6.07, 6.45) is 0. The highest BCUT2D eigenvalue weighted by Gasteiger charge is 2.14. The molecule has 1 heterocycles. The van der Waals surface area contributed by atoms with Crippen molar-refractivity contribution in [3.05, 3.63) is 40.1 Å². The molecular formula is C14H17BrN4O. The van der Waals surface area contributed by atoms with Crippen molar-refractivity contribution in [1.82, 2.24) is 9.97 Å². The molecule has 0 unspecified atom stereocenters. The van der Waals surface area contributed by atoms with Crippen molar-refractivity contribution < 1.29 is 4.74 Å². The Morgan fingerprint density at radius 1 is 1.20 bits per heavy atom. The molecule has 0 saturated heterocycles. The van der Waals surface area contributed by atoms with Crippen LogP contribution in [0.3, 0.4) is 0 Å². The second-order valence-electron chi connectivity index (χ2n) is 4.72. The number of benzene rings is 1. The van der Waals surface area contributed by atoms with E-state index in [1.165, 1.54) is 0 Å². The van der Waals surface area contributed by atoms with Gasteiger partial charge in [-0.2, -0.15) is 4.98 Å². The molecule has 106 valence electrons. The molecule has 0 atom stereocenters. The summed E-state index contributed by atoms with van der Waals surface area (Å²) in [6, 6.07) is 7.57. The zero-order valence-electron chi connectivity index (χ0n) is 11.6. The third-order valence-electron chi connectivity index (χ3n) is 2.80. The maximum Gasteiger partial charge on any atom is 0.227 e. The summed E-state index contributed by atoms with van der Waals surface area (Å²) < 4.78 is 6.83. The first-order valence-electron chi connectivity index (χ1n) is 6.30. The maximum absolute atomic E-state index is 5.83. The topological polar surface area (TPSA) is 73.1 Å². The van der Waals surface area contributed by atoms with E-state index in [1.54, 1.807) is 0 Å². The largest absolute Gasteiger partial charge is 0.439 e. The molecule has 3 N–H and O–H groups in total. The van der Waals surface area contributed by atoms with Crippen molar-refractivity contribution in [3.63, 3.8) is 0 Å². The Morgan fingerprint density at radius 3 is 2.40 bits per heavy atom. The van der Waals surface area contributed by atoms with Crippen LogP contribution in [0.2, 0.25) is 0 Å². The van der Waals surface area contributed by atoms with Crippen molar-refractivity contribution in [2.24, 2.45) is 5.84 Å². The minimum Gasteiger partial charge on any atom is -0.439 e. The van der Waals surface area contributed by atoms with Gasteiger partial charge < -0.3 is 10.2 Å². The molecule has 0 spiro atoms. The molecule has 1 aromatic heterocycles. The normalized spacial score (nSPS) is 10.7. The van der Waals surface area contributed by atoms with Gasteiger partial charge in [0.1, 0.15) is 11.6 Å². The molecule has 0 saturated carbocycles. The van der Waals surface area contributed by atoms with Gasteiger partial charge in [-0.05, 0) is 31.2 Å². The number of aromatic nitrogens is 2. The first kappa shape index (κ1) is 14.7. The van der Waals surface area contributed by atoms with Gasteiger partial charge in [0.05, 0.1) is 5.56 Å². The van der Waals surface area contributed by atoms with Gasteiger partial charge in [0, 0.05) is 10.4 Å². The standard InChI is InChI=1S/C14H17BrN4O/c1-8(2)12-17-13(19-16)9(3)14(18-12)20-11-6-4-10(15)5-7-11/h4-8H,16H2,1-3H3,(H,17,18,19). The Kier molecular flexibility index (Phi) is 4.57. The predicted octanol–water partition coefficient (Wildman–Crippen LogP) is 3.75. The van der Waals surface area contributed by atoms with Gasteiger partial charge in [-0.25, -0.2) is 10.8 Å². The lowest BCUT2D eigenvalue weighted by molar-refractivity contribution is 0.453. The third kappa shape index (κ3) is 3.26. The fourth-order valence-electron chi connectivity index (χ4n) is 1.62. The van der Waals surface area contributed by atoms with Gasteiger partial charge in [-0.3, -0.25) is 0 Å². The zero-order valence-corrected chi connectivity index (χ0v) is 13.2. The Labute approximate surface area is 126 Å². The summed E-state index contributed by atoms with van der Waals surface area (Å²) in [5, 5.41) is 0. The Balaban J connectivity index is 2.39. The average molecular weight is 337 g/mol. The van der Waals surface area contributed by atoms with Crippen LogP contribution in [0.25, 0.3) is 0 Å². The number of halogens is 1. The van der Waals surface area contributed by atoms with E-state index in [-0.39, 0.29) is 5.92 Å². The average Bonchev–Trinajstić information content (AvgIpc) is 2.43. The molecule has 0 aliphatic carbocycles. The summed E-state index contributed by atoms with van der Waals surface area (Å²) in [7, 11) is 0.